The maximum Gasteiger partial charge on any atom is 0.156 e. The van der Waals surface area contributed by atoms with Crippen molar-refractivity contribution in [2.45, 2.75) is 46.1 Å². The van der Waals surface area contributed by atoms with Gasteiger partial charge in [0, 0.05) is 23.5 Å². The maximum absolute atomic E-state index is 5.40. The molecular weight excluding hydrogens is 324 g/mol. The first kappa shape index (κ1) is 15.9. The second kappa shape index (κ2) is 5.12. The SMILES string of the molecule is COc1ccc2[nH]c3c(N4C[C@@]5(C)C[C@H]4CC(C)(C)C5)ncnc3c2c1. The molecule has 1 aromatic carbocycles. The van der Waals surface area contributed by atoms with Gasteiger partial charge >= 0.3 is 0 Å². The van der Waals surface area contributed by atoms with Gasteiger partial charge < -0.3 is 14.6 Å². The van der Waals surface area contributed by atoms with Crippen molar-refractivity contribution in [1.82, 2.24) is 15.0 Å². The average molecular weight is 350 g/mol. The van der Waals surface area contributed by atoms with Crippen LogP contribution in [-0.4, -0.2) is 34.6 Å². The van der Waals surface area contributed by atoms with E-state index in [0.717, 1.165) is 40.0 Å². The van der Waals surface area contributed by atoms with Crippen LogP contribution in [0.25, 0.3) is 21.9 Å². The van der Waals surface area contributed by atoms with Gasteiger partial charge in [0.25, 0.3) is 0 Å². The lowest BCUT2D eigenvalue weighted by Gasteiger charge is -2.39. The van der Waals surface area contributed by atoms with Crippen molar-refractivity contribution in [3.05, 3.63) is 24.5 Å². The van der Waals surface area contributed by atoms with Crippen LogP contribution in [-0.2, 0) is 0 Å². The Bertz CT molecular complexity index is 1010. The van der Waals surface area contributed by atoms with E-state index >= 15 is 0 Å². The van der Waals surface area contributed by atoms with Crippen LogP contribution in [0.15, 0.2) is 24.5 Å². The number of ether oxygens (including phenoxy) is 1. The summed E-state index contributed by atoms with van der Waals surface area (Å²) in [5.74, 6) is 1.90. The third-order valence-electron chi connectivity index (χ3n) is 6.26. The van der Waals surface area contributed by atoms with E-state index in [1.807, 2.05) is 6.07 Å². The number of hydrogen-bond donors (Lipinski definition) is 1. The van der Waals surface area contributed by atoms with Gasteiger partial charge in [0.1, 0.15) is 23.1 Å². The number of aromatic amines is 1. The van der Waals surface area contributed by atoms with Crippen LogP contribution in [0.2, 0.25) is 0 Å². The van der Waals surface area contributed by atoms with E-state index in [4.69, 9.17) is 9.72 Å². The first-order valence-electron chi connectivity index (χ1n) is 9.45. The number of aromatic nitrogens is 3. The Morgan fingerprint density at radius 1 is 1.19 bits per heavy atom. The molecule has 1 saturated carbocycles. The minimum atomic E-state index is 0.374. The third kappa shape index (κ3) is 2.29. The average Bonchev–Trinajstić information content (AvgIpc) is 3.07. The molecule has 5 nitrogen and oxygen atoms in total. The summed E-state index contributed by atoms with van der Waals surface area (Å²) in [4.78, 5) is 15.4. The summed E-state index contributed by atoms with van der Waals surface area (Å²) in [6, 6.07) is 6.66. The van der Waals surface area contributed by atoms with Crippen molar-refractivity contribution in [3.8, 4) is 5.75 Å². The van der Waals surface area contributed by atoms with Crippen LogP contribution in [0.4, 0.5) is 5.82 Å². The number of nitrogens with zero attached hydrogens (tertiary/aromatic N) is 3. The fourth-order valence-electron chi connectivity index (χ4n) is 5.71. The topological polar surface area (TPSA) is 54.0 Å². The molecule has 2 bridgehead atoms. The molecule has 1 N–H and O–H groups in total. The highest BCUT2D eigenvalue weighted by Gasteiger charge is 2.50. The molecule has 1 aliphatic heterocycles. The summed E-state index contributed by atoms with van der Waals surface area (Å²) >= 11 is 0. The Balaban J connectivity index is 1.66. The molecule has 5 rings (SSSR count). The zero-order chi connectivity index (χ0) is 18.1. The summed E-state index contributed by atoms with van der Waals surface area (Å²) in [5.41, 5.74) is 3.88. The Hall–Kier alpha value is -2.30. The van der Waals surface area contributed by atoms with Crippen molar-refractivity contribution in [3.63, 3.8) is 0 Å². The largest absolute Gasteiger partial charge is 0.497 e. The van der Waals surface area contributed by atoms with E-state index in [1.165, 1.54) is 19.3 Å². The molecule has 2 aliphatic rings. The number of fused-ring (bicyclic) bond motifs is 5. The van der Waals surface area contributed by atoms with Crippen molar-refractivity contribution in [2.75, 3.05) is 18.6 Å². The standard InChI is InChI=1S/C21H26N4O/c1-20(2)8-13-9-21(3,10-20)11-25(13)19-18-17(22-12-23-19)15-7-14(26-4)5-6-16(15)24-18/h5-7,12-13,24H,8-11H2,1-4H3/t13-,21+/m1/s1. The smallest absolute Gasteiger partial charge is 0.156 e. The summed E-state index contributed by atoms with van der Waals surface area (Å²) in [6.07, 6.45) is 5.48. The predicted octanol–water partition coefficient (Wildman–Crippen LogP) is 4.52. The van der Waals surface area contributed by atoms with Crippen molar-refractivity contribution < 1.29 is 4.74 Å². The lowest BCUT2D eigenvalue weighted by molar-refractivity contribution is 0.136. The number of benzene rings is 1. The second-order valence-electron chi connectivity index (χ2n) is 9.30. The lowest BCUT2D eigenvalue weighted by atomic mass is 9.65. The summed E-state index contributed by atoms with van der Waals surface area (Å²) < 4.78 is 5.40. The normalized spacial score (nSPS) is 27.4. The molecule has 136 valence electrons. The molecular formula is C21H26N4O. The predicted molar refractivity (Wildman–Crippen MR) is 105 cm³/mol. The highest BCUT2D eigenvalue weighted by Crippen LogP contribution is 2.53. The van der Waals surface area contributed by atoms with Crippen LogP contribution in [0.5, 0.6) is 5.75 Å². The molecule has 0 amide bonds. The molecule has 0 unspecified atom stereocenters. The molecule has 2 atom stereocenters. The van der Waals surface area contributed by atoms with Crippen molar-refractivity contribution in [2.24, 2.45) is 10.8 Å². The van der Waals surface area contributed by atoms with Gasteiger partial charge in [0.2, 0.25) is 0 Å². The van der Waals surface area contributed by atoms with Gasteiger partial charge in [0.05, 0.1) is 7.11 Å². The molecule has 0 radical (unpaired) electrons. The van der Waals surface area contributed by atoms with Gasteiger partial charge in [-0.25, -0.2) is 9.97 Å². The highest BCUT2D eigenvalue weighted by molar-refractivity contribution is 6.08. The van der Waals surface area contributed by atoms with Gasteiger partial charge in [-0.05, 0) is 48.3 Å². The van der Waals surface area contributed by atoms with E-state index in [9.17, 15) is 0 Å². The molecule has 5 heteroatoms. The Morgan fingerprint density at radius 2 is 2.04 bits per heavy atom. The monoisotopic (exact) mass is 350 g/mol. The van der Waals surface area contributed by atoms with E-state index in [2.05, 4.69) is 47.8 Å². The number of hydrogen-bond acceptors (Lipinski definition) is 4. The fraction of sp³-hybridized carbons (Fsp3) is 0.524. The zero-order valence-corrected chi connectivity index (χ0v) is 16.0. The van der Waals surface area contributed by atoms with E-state index in [-0.39, 0.29) is 0 Å². The zero-order valence-electron chi connectivity index (χ0n) is 16.0. The minimum absolute atomic E-state index is 0.374. The third-order valence-corrected chi connectivity index (χ3v) is 6.26. The van der Waals surface area contributed by atoms with E-state index in [1.54, 1.807) is 13.4 Å². The van der Waals surface area contributed by atoms with Gasteiger partial charge in [-0.2, -0.15) is 0 Å². The lowest BCUT2D eigenvalue weighted by Crippen LogP contribution is -2.35. The van der Waals surface area contributed by atoms with Crippen LogP contribution in [0.1, 0.15) is 40.0 Å². The fourth-order valence-corrected chi connectivity index (χ4v) is 5.71. The van der Waals surface area contributed by atoms with E-state index < -0.39 is 0 Å². The van der Waals surface area contributed by atoms with Crippen molar-refractivity contribution >= 4 is 27.8 Å². The first-order valence-corrected chi connectivity index (χ1v) is 9.45. The number of anilines is 1. The molecule has 2 fully saturated rings. The molecule has 3 aromatic rings. The van der Waals surface area contributed by atoms with Gasteiger partial charge in [-0.3, -0.25) is 0 Å². The van der Waals surface area contributed by atoms with Gasteiger partial charge in [-0.1, -0.05) is 20.8 Å². The molecule has 1 aliphatic carbocycles. The van der Waals surface area contributed by atoms with E-state index in [0.29, 0.717) is 16.9 Å². The summed E-state index contributed by atoms with van der Waals surface area (Å²) in [7, 11) is 1.70. The maximum atomic E-state index is 5.40. The van der Waals surface area contributed by atoms with Gasteiger partial charge in [-0.15, -0.1) is 0 Å². The summed E-state index contributed by atoms with van der Waals surface area (Å²) in [6.45, 7) is 8.33. The van der Waals surface area contributed by atoms with Crippen LogP contribution in [0.3, 0.4) is 0 Å². The quantitative estimate of drug-likeness (QED) is 0.738. The highest BCUT2D eigenvalue weighted by atomic mass is 16.5. The number of methoxy groups -OCH3 is 1. The molecule has 3 heterocycles. The number of H-pyrrole nitrogens is 1. The molecule has 1 saturated heterocycles. The minimum Gasteiger partial charge on any atom is -0.497 e. The number of nitrogens with one attached hydrogen (secondary N) is 1. The Labute approximate surface area is 153 Å². The van der Waals surface area contributed by atoms with Gasteiger partial charge in [0.15, 0.2) is 5.82 Å². The first-order chi connectivity index (χ1) is 12.4. The second-order valence-corrected chi connectivity index (χ2v) is 9.30. The van der Waals surface area contributed by atoms with Crippen LogP contribution >= 0.6 is 0 Å². The Morgan fingerprint density at radius 3 is 2.85 bits per heavy atom. The van der Waals surface area contributed by atoms with Crippen molar-refractivity contribution in [1.29, 1.82) is 0 Å². The molecule has 2 aromatic heterocycles. The Kier molecular flexibility index (Phi) is 3.13. The van der Waals surface area contributed by atoms with Crippen LogP contribution < -0.4 is 9.64 Å². The van der Waals surface area contributed by atoms with Crippen LogP contribution in [0, 0.1) is 10.8 Å². The summed E-state index contributed by atoms with van der Waals surface area (Å²) in [5, 5.41) is 1.09. The molecule has 26 heavy (non-hydrogen) atoms. The number of rotatable bonds is 2. The molecule has 0 spiro atoms.